The van der Waals surface area contributed by atoms with Crippen molar-refractivity contribution in [2.45, 2.75) is 51.5 Å². The average molecular weight is 442 g/mol. The van der Waals surface area contributed by atoms with Crippen LogP contribution >= 0.6 is 0 Å². The highest BCUT2D eigenvalue weighted by Crippen LogP contribution is 2.27. The lowest BCUT2D eigenvalue weighted by molar-refractivity contribution is 0.254. The number of sulfonamides is 1. The lowest BCUT2D eigenvalue weighted by Crippen LogP contribution is -2.41. The molecule has 1 fully saturated rings. The summed E-state index contributed by atoms with van der Waals surface area (Å²) in [5.41, 5.74) is 3.63. The normalized spacial score (nSPS) is 16.0. The Morgan fingerprint density at radius 1 is 0.903 bits per heavy atom. The molecule has 2 aromatic heterocycles. The van der Waals surface area contributed by atoms with E-state index in [9.17, 15) is 13.2 Å². The van der Waals surface area contributed by atoms with Crippen molar-refractivity contribution in [3.8, 4) is 5.82 Å². The Labute approximate surface area is 182 Å². The maximum Gasteiger partial charge on any atom is 0.267 e. The van der Waals surface area contributed by atoms with Crippen LogP contribution in [0.1, 0.15) is 41.4 Å². The summed E-state index contributed by atoms with van der Waals surface area (Å²) < 4.78 is 30.8. The summed E-state index contributed by atoms with van der Waals surface area (Å²) in [6, 6.07) is 10.2. The van der Waals surface area contributed by atoms with E-state index in [1.165, 1.54) is 15.1 Å². The van der Waals surface area contributed by atoms with Gasteiger partial charge >= 0.3 is 0 Å². The maximum absolute atomic E-state index is 13.1. The quantitative estimate of drug-likeness (QED) is 0.621. The fraction of sp³-hybridized carbons (Fsp3) is 0.409. The summed E-state index contributed by atoms with van der Waals surface area (Å²) in [6.07, 6.45) is 1.05. The van der Waals surface area contributed by atoms with Gasteiger partial charge in [0.05, 0.1) is 16.6 Å². The number of rotatable bonds is 4. The molecule has 8 nitrogen and oxygen atoms in total. The zero-order valence-electron chi connectivity index (χ0n) is 18.2. The highest BCUT2D eigenvalue weighted by atomic mass is 32.2. The fourth-order valence-electron chi connectivity index (χ4n) is 4.00. The first kappa shape index (κ1) is 21.5. The summed E-state index contributed by atoms with van der Waals surface area (Å²) in [5.74, 6) is 0.579. The number of nitrogens with zero attached hydrogens (tertiary/aromatic N) is 5. The van der Waals surface area contributed by atoms with Crippen molar-refractivity contribution in [1.29, 1.82) is 0 Å². The van der Waals surface area contributed by atoms with Gasteiger partial charge in [0.25, 0.3) is 5.56 Å². The van der Waals surface area contributed by atoms with Crippen molar-refractivity contribution < 1.29 is 8.42 Å². The summed E-state index contributed by atoms with van der Waals surface area (Å²) in [4.78, 5) is 12.8. The molecule has 0 unspecified atom stereocenters. The molecule has 9 heteroatoms. The second-order valence-electron chi connectivity index (χ2n) is 8.19. The van der Waals surface area contributed by atoms with Crippen molar-refractivity contribution in [3.05, 3.63) is 69.3 Å². The highest BCUT2D eigenvalue weighted by molar-refractivity contribution is 7.89. The van der Waals surface area contributed by atoms with E-state index in [1.807, 2.05) is 39.8 Å². The first-order valence-electron chi connectivity index (χ1n) is 10.4. The molecule has 0 atom stereocenters. The minimum atomic E-state index is -3.56. The largest absolute Gasteiger partial charge is 0.268 e. The zero-order valence-corrected chi connectivity index (χ0v) is 19.1. The Morgan fingerprint density at radius 2 is 1.61 bits per heavy atom. The Bertz CT molecular complexity index is 1280. The highest BCUT2D eigenvalue weighted by Gasteiger charge is 2.31. The van der Waals surface area contributed by atoms with Gasteiger partial charge in [0, 0.05) is 24.8 Å². The van der Waals surface area contributed by atoms with Crippen LogP contribution in [-0.2, 0) is 10.0 Å². The van der Waals surface area contributed by atoms with Gasteiger partial charge in [-0.1, -0.05) is 6.07 Å². The molecule has 1 aliphatic rings. The van der Waals surface area contributed by atoms with Crippen LogP contribution in [0.15, 0.2) is 46.1 Å². The maximum atomic E-state index is 13.1. The lowest BCUT2D eigenvalue weighted by atomic mass is 10.1. The van der Waals surface area contributed by atoms with E-state index in [2.05, 4.69) is 10.2 Å². The number of hydrogen-bond donors (Lipinski definition) is 0. The van der Waals surface area contributed by atoms with Crippen LogP contribution in [0.3, 0.4) is 0 Å². The second-order valence-corrected chi connectivity index (χ2v) is 10.1. The van der Waals surface area contributed by atoms with E-state index in [0.717, 1.165) is 22.5 Å². The van der Waals surface area contributed by atoms with Crippen molar-refractivity contribution in [2.75, 3.05) is 13.1 Å². The summed E-state index contributed by atoms with van der Waals surface area (Å²) in [5, 5.41) is 8.98. The Balaban J connectivity index is 1.55. The number of hydrogen-bond acceptors (Lipinski definition) is 5. The van der Waals surface area contributed by atoms with Gasteiger partial charge in [-0.25, -0.2) is 17.8 Å². The molecule has 1 aromatic carbocycles. The molecule has 0 aliphatic carbocycles. The molecule has 3 heterocycles. The predicted octanol–water partition coefficient (Wildman–Crippen LogP) is 2.69. The van der Waals surface area contributed by atoms with E-state index in [4.69, 9.17) is 0 Å². The van der Waals surface area contributed by atoms with Gasteiger partial charge in [-0.3, -0.25) is 4.79 Å². The first-order valence-corrected chi connectivity index (χ1v) is 11.8. The van der Waals surface area contributed by atoms with Crippen LogP contribution in [0.4, 0.5) is 0 Å². The molecule has 1 saturated heterocycles. The van der Waals surface area contributed by atoms with Gasteiger partial charge in [0.1, 0.15) is 0 Å². The first-order chi connectivity index (χ1) is 14.7. The summed E-state index contributed by atoms with van der Waals surface area (Å²) >= 11 is 0. The van der Waals surface area contributed by atoms with Crippen LogP contribution in [-0.4, -0.2) is 45.4 Å². The summed E-state index contributed by atoms with van der Waals surface area (Å²) in [7, 11) is -3.56. The third kappa shape index (κ3) is 4.07. The molecule has 1 aliphatic heterocycles. The van der Waals surface area contributed by atoms with Gasteiger partial charge in [-0.2, -0.15) is 9.40 Å². The lowest BCUT2D eigenvalue weighted by Gasteiger charge is -2.31. The minimum absolute atomic E-state index is 0.157. The molecule has 0 radical (unpaired) electrons. The van der Waals surface area contributed by atoms with Gasteiger partial charge < -0.3 is 0 Å². The number of benzene rings is 1. The molecular formula is C22H27N5O3S. The van der Waals surface area contributed by atoms with E-state index in [0.29, 0.717) is 36.6 Å². The molecule has 0 amide bonds. The molecule has 31 heavy (non-hydrogen) atoms. The van der Waals surface area contributed by atoms with Gasteiger partial charge in [0.2, 0.25) is 10.0 Å². The SMILES string of the molecule is Cc1cc(C)n(-c2ccc(=O)n(C3CCN(S(=O)(=O)c4ccc(C)c(C)c4)CC3)n2)n1. The molecule has 0 saturated carbocycles. The molecule has 4 rings (SSSR count). The van der Waals surface area contributed by atoms with E-state index < -0.39 is 10.0 Å². The molecule has 0 N–H and O–H groups in total. The van der Waals surface area contributed by atoms with E-state index in [1.54, 1.807) is 22.9 Å². The molecular weight excluding hydrogens is 414 g/mol. The van der Waals surface area contributed by atoms with Crippen molar-refractivity contribution in [3.63, 3.8) is 0 Å². The molecule has 0 spiro atoms. The molecule has 3 aromatic rings. The van der Waals surface area contributed by atoms with Crippen LogP contribution in [0.2, 0.25) is 0 Å². The van der Waals surface area contributed by atoms with Crippen LogP contribution in [0.25, 0.3) is 5.82 Å². The van der Waals surface area contributed by atoms with Crippen LogP contribution in [0.5, 0.6) is 0 Å². The van der Waals surface area contributed by atoms with Crippen LogP contribution in [0, 0.1) is 27.7 Å². The van der Waals surface area contributed by atoms with Gasteiger partial charge in [0.15, 0.2) is 5.82 Å². The zero-order chi connectivity index (χ0) is 22.3. The van der Waals surface area contributed by atoms with E-state index in [-0.39, 0.29) is 11.6 Å². The smallest absolute Gasteiger partial charge is 0.267 e. The Morgan fingerprint density at radius 3 is 2.23 bits per heavy atom. The number of aromatic nitrogens is 4. The second kappa shape index (κ2) is 8.05. The van der Waals surface area contributed by atoms with Crippen molar-refractivity contribution >= 4 is 10.0 Å². The molecule has 0 bridgehead atoms. The predicted molar refractivity (Wildman–Crippen MR) is 118 cm³/mol. The molecule has 164 valence electrons. The third-order valence-electron chi connectivity index (χ3n) is 5.92. The van der Waals surface area contributed by atoms with Gasteiger partial charge in [-0.15, -0.1) is 5.10 Å². The fourth-order valence-corrected chi connectivity index (χ4v) is 5.56. The number of piperidine rings is 1. The topological polar surface area (TPSA) is 90.1 Å². The monoisotopic (exact) mass is 441 g/mol. The van der Waals surface area contributed by atoms with E-state index >= 15 is 0 Å². The van der Waals surface area contributed by atoms with Crippen LogP contribution < -0.4 is 5.56 Å². The minimum Gasteiger partial charge on any atom is -0.268 e. The Hall–Kier alpha value is -2.78. The summed E-state index contributed by atoms with van der Waals surface area (Å²) in [6.45, 7) is 8.41. The number of aryl methyl sites for hydroxylation is 4. The van der Waals surface area contributed by atoms with Gasteiger partial charge in [-0.05, 0) is 75.9 Å². The standard InChI is InChI=1S/C22H27N5O3S/c1-15-5-6-20(13-16(15)2)31(29,30)25-11-9-19(10-12-25)27-22(28)8-7-21(24-27)26-18(4)14-17(3)23-26/h5-8,13-14,19H,9-12H2,1-4H3. The average Bonchev–Trinajstić information content (AvgIpc) is 3.08. The van der Waals surface area contributed by atoms with Crippen molar-refractivity contribution in [1.82, 2.24) is 23.9 Å². The Kier molecular flexibility index (Phi) is 5.57. The third-order valence-corrected chi connectivity index (χ3v) is 7.82. The van der Waals surface area contributed by atoms with Crippen molar-refractivity contribution in [2.24, 2.45) is 0 Å².